The fraction of sp³-hybridized carbons (Fsp3) is 0.296. The minimum absolute atomic E-state index is 0.0274. The molecule has 1 aliphatic heterocycles. The number of nitrogens with zero attached hydrogens (tertiary/aromatic N) is 2. The minimum Gasteiger partial charge on any atom is -0.492 e. The summed E-state index contributed by atoms with van der Waals surface area (Å²) < 4.78 is 5.93. The van der Waals surface area contributed by atoms with Gasteiger partial charge in [-0.3, -0.25) is 14.6 Å². The quantitative estimate of drug-likeness (QED) is 0.495. The summed E-state index contributed by atoms with van der Waals surface area (Å²) in [6.07, 6.45) is -0.0274. The summed E-state index contributed by atoms with van der Waals surface area (Å²) in [5.41, 5.74) is 3.24. The molecule has 6 heteroatoms. The van der Waals surface area contributed by atoms with E-state index in [4.69, 9.17) is 21.4 Å². The average Bonchev–Trinajstić information content (AvgIpc) is 2.83. The van der Waals surface area contributed by atoms with E-state index in [0.29, 0.717) is 17.9 Å². The van der Waals surface area contributed by atoms with Crippen molar-refractivity contribution in [2.24, 2.45) is 0 Å². The second kappa shape index (κ2) is 11.3. The first-order chi connectivity index (χ1) is 16.1. The van der Waals surface area contributed by atoms with Gasteiger partial charge in [-0.1, -0.05) is 72.3 Å². The molecular formula is C27H29ClN2O3. The monoisotopic (exact) mass is 464 g/mol. The molecule has 0 amide bonds. The average molecular weight is 465 g/mol. The van der Waals surface area contributed by atoms with Gasteiger partial charge in [-0.2, -0.15) is 0 Å². The van der Waals surface area contributed by atoms with Gasteiger partial charge in [0.1, 0.15) is 12.4 Å². The third-order valence-corrected chi connectivity index (χ3v) is 6.30. The Bertz CT molecular complexity index is 1030. The van der Waals surface area contributed by atoms with E-state index in [1.807, 2.05) is 36.4 Å². The fourth-order valence-electron chi connectivity index (χ4n) is 4.38. The number of hydrogen-bond donors (Lipinski definition) is 1. The number of hydrogen-bond acceptors (Lipinski definition) is 4. The number of benzene rings is 3. The number of halogens is 1. The molecule has 33 heavy (non-hydrogen) atoms. The maximum atomic E-state index is 11.1. The highest BCUT2D eigenvalue weighted by molar-refractivity contribution is 6.30. The van der Waals surface area contributed by atoms with Crippen molar-refractivity contribution in [1.82, 2.24) is 9.80 Å². The lowest BCUT2D eigenvalue weighted by molar-refractivity contribution is -0.136. The summed E-state index contributed by atoms with van der Waals surface area (Å²) >= 11 is 6.13. The molecule has 0 aliphatic carbocycles. The van der Waals surface area contributed by atoms with Crippen molar-refractivity contribution in [2.75, 3.05) is 39.3 Å². The lowest BCUT2D eigenvalue weighted by atomic mass is 9.96. The zero-order valence-electron chi connectivity index (χ0n) is 18.6. The largest absolute Gasteiger partial charge is 0.492 e. The smallest absolute Gasteiger partial charge is 0.307 e. The van der Waals surface area contributed by atoms with E-state index in [1.54, 1.807) is 0 Å². The molecule has 0 spiro atoms. The highest BCUT2D eigenvalue weighted by Crippen LogP contribution is 2.30. The van der Waals surface area contributed by atoms with Crippen molar-refractivity contribution >= 4 is 17.6 Å². The van der Waals surface area contributed by atoms with E-state index in [0.717, 1.165) is 37.7 Å². The standard InChI is InChI=1S/C27H29ClN2O3/c28-24-12-10-22(11-13-24)27(21-6-2-1-3-7-21)30-16-14-29(15-17-30)18-19-33-25-9-5-4-8-23(25)20-26(31)32/h1-13,27H,14-20H2,(H,31,32). The van der Waals surface area contributed by atoms with Crippen LogP contribution in [0, 0.1) is 0 Å². The fourth-order valence-corrected chi connectivity index (χ4v) is 4.50. The molecule has 5 nitrogen and oxygen atoms in total. The van der Waals surface area contributed by atoms with Gasteiger partial charge < -0.3 is 9.84 Å². The molecule has 4 rings (SSSR count). The lowest BCUT2D eigenvalue weighted by Crippen LogP contribution is -2.48. The molecular weight excluding hydrogens is 436 g/mol. The number of para-hydroxylation sites is 1. The van der Waals surface area contributed by atoms with E-state index in [2.05, 4.69) is 52.3 Å². The highest BCUT2D eigenvalue weighted by atomic mass is 35.5. The van der Waals surface area contributed by atoms with Crippen LogP contribution >= 0.6 is 11.6 Å². The van der Waals surface area contributed by atoms with Crippen LogP contribution in [0.25, 0.3) is 0 Å². The normalized spacial score (nSPS) is 15.8. The molecule has 0 saturated carbocycles. The number of piperazine rings is 1. The molecule has 0 radical (unpaired) electrons. The van der Waals surface area contributed by atoms with Crippen LogP contribution in [0.1, 0.15) is 22.7 Å². The summed E-state index contributed by atoms with van der Waals surface area (Å²) in [7, 11) is 0. The van der Waals surface area contributed by atoms with Crippen LogP contribution in [0.5, 0.6) is 5.75 Å². The minimum atomic E-state index is -0.851. The Morgan fingerprint density at radius 1 is 0.879 bits per heavy atom. The molecule has 1 heterocycles. The molecule has 1 saturated heterocycles. The summed E-state index contributed by atoms with van der Waals surface area (Å²) in [4.78, 5) is 16.0. The predicted molar refractivity (Wildman–Crippen MR) is 131 cm³/mol. The molecule has 1 aliphatic rings. The number of carboxylic acid groups (broad SMARTS) is 1. The van der Waals surface area contributed by atoms with Gasteiger partial charge in [-0.15, -0.1) is 0 Å². The van der Waals surface area contributed by atoms with E-state index in [-0.39, 0.29) is 12.5 Å². The van der Waals surface area contributed by atoms with Gasteiger partial charge in [0.05, 0.1) is 12.5 Å². The first-order valence-corrected chi connectivity index (χ1v) is 11.7. The van der Waals surface area contributed by atoms with Gasteiger partial charge in [0, 0.05) is 43.3 Å². The summed E-state index contributed by atoms with van der Waals surface area (Å²) in [6.45, 7) is 5.17. The topological polar surface area (TPSA) is 53.0 Å². The summed E-state index contributed by atoms with van der Waals surface area (Å²) in [6, 6.07) is 26.3. The zero-order valence-corrected chi connectivity index (χ0v) is 19.3. The third-order valence-electron chi connectivity index (χ3n) is 6.05. The molecule has 1 fully saturated rings. The van der Waals surface area contributed by atoms with Crippen LogP contribution in [0.3, 0.4) is 0 Å². The first kappa shape index (κ1) is 23.3. The van der Waals surface area contributed by atoms with Crippen molar-refractivity contribution in [3.8, 4) is 5.75 Å². The Morgan fingerprint density at radius 3 is 2.21 bits per heavy atom. The number of carbonyl (C=O) groups is 1. The van der Waals surface area contributed by atoms with Crippen molar-refractivity contribution < 1.29 is 14.6 Å². The Hall–Kier alpha value is -2.86. The van der Waals surface area contributed by atoms with Crippen molar-refractivity contribution in [3.63, 3.8) is 0 Å². The zero-order chi connectivity index (χ0) is 23.0. The molecule has 172 valence electrons. The van der Waals surface area contributed by atoms with Crippen LogP contribution in [0.2, 0.25) is 5.02 Å². The van der Waals surface area contributed by atoms with Crippen molar-refractivity contribution in [2.45, 2.75) is 12.5 Å². The maximum absolute atomic E-state index is 11.1. The second-order valence-corrected chi connectivity index (χ2v) is 8.71. The molecule has 0 aromatic heterocycles. The molecule has 3 aromatic rings. The number of rotatable bonds is 9. The lowest BCUT2D eigenvalue weighted by Gasteiger charge is -2.39. The first-order valence-electron chi connectivity index (χ1n) is 11.3. The van der Waals surface area contributed by atoms with Gasteiger partial charge in [-0.05, 0) is 29.3 Å². The van der Waals surface area contributed by atoms with Crippen LogP contribution in [-0.2, 0) is 11.2 Å². The summed E-state index contributed by atoms with van der Waals surface area (Å²) in [5.74, 6) is -0.193. The highest BCUT2D eigenvalue weighted by Gasteiger charge is 2.26. The van der Waals surface area contributed by atoms with E-state index in [9.17, 15) is 4.79 Å². The Kier molecular flexibility index (Phi) is 8.00. The maximum Gasteiger partial charge on any atom is 0.307 e. The van der Waals surface area contributed by atoms with Gasteiger partial charge in [0.25, 0.3) is 0 Å². The molecule has 1 N–H and O–H groups in total. The van der Waals surface area contributed by atoms with Crippen molar-refractivity contribution in [1.29, 1.82) is 0 Å². The van der Waals surface area contributed by atoms with E-state index >= 15 is 0 Å². The van der Waals surface area contributed by atoms with Gasteiger partial charge in [0.2, 0.25) is 0 Å². The second-order valence-electron chi connectivity index (χ2n) is 8.27. The number of carboxylic acids is 1. The molecule has 0 bridgehead atoms. The van der Waals surface area contributed by atoms with Gasteiger partial charge >= 0.3 is 5.97 Å². The van der Waals surface area contributed by atoms with Crippen LogP contribution in [0.4, 0.5) is 0 Å². The Balaban J connectivity index is 1.34. The van der Waals surface area contributed by atoms with Crippen LogP contribution < -0.4 is 4.74 Å². The predicted octanol–water partition coefficient (Wildman–Crippen LogP) is 4.75. The van der Waals surface area contributed by atoms with Gasteiger partial charge in [0.15, 0.2) is 0 Å². The molecule has 3 aromatic carbocycles. The Morgan fingerprint density at radius 2 is 1.52 bits per heavy atom. The molecule has 1 unspecified atom stereocenters. The Labute approximate surface area is 200 Å². The summed E-state index contributed by atoms with van der Waals surface area (Å²) in [5, 5.41) is 9.84. The van der Waals surface area contributed by atoms with Crippen LogP contribution in [-0.4, -0.2) is 60.2 Å². The van der Waals surface area contributed by atoms with E-state index < -0.39 is 5.97 Å². The third kappa shape index (κ3) is 6.35. The van der Waals surface area contributed by atoms with E-state index in [1.165, 1.54) is 11.1 Å². The van der Waals surface area contributed by atoms with Gasteiger partial charge in [-0.25, -0.2) is 0 Å². The number of aliphatic carboxylic acids is 1. The SMILES string of the molecule is O=C(O)Cc1ccccc1OCCN1CCN(C(c2ccccc2)c2ccc(Cl)cc2)CC1. The van der Waals surface area contributed by atoms with Crippen molar-refractivity contribution in [3.05, 3.63) is 101 Å². The molecule has 1 atom stereocenters. The number of ether oxygens (including phenoxy) is 1. The van der Waals surface area contributed by atoms with Crippen LogP contribution in [0.15, 0.2) is 78.9 Å².